The van der Waals surface area contributed by atoms with Gasteiger partial charge in [-0.1, -0.05) is 29.8 Å². The Balaban J connectivity index is 2.20. The summed E-state index contributed by atoms with van der Waals surface area (Å²) in [5.41, 5.74) is 1.24. The van der Waals surface area contributed by atoms with E-state index in [2.05, 4.69) is 15.5 Å². The zero-order valence-corrected chi connectivity index (χ0v) is 13.9. The van der Waals surface area contributed by atoms with E-state index >= 15 is 0 Å². The molecule has 2 aromatic heterocycles. The molecule has 7 nitrogen and oxygen atoms in total. The van der Waals surface area contributed by atoms with E-state index in [4.69, 9.17) is 11.6 Å². The number of hydrogen-bond acceptors (Lipinski definition) is 4. The molecular formula is C17H12ClN5O2. The van der Waals surface area contributed by atoms with Crippen molar-refractivity contribution in [1.29, 1.82) is 0 Å². The van der Waals surface area contributed by atoms with Crippen LogP contribution in [0.25, 0.3) is 22.2 Å². The molecule has 1 N–H and O–H groups in total. The third-order valence-electron chi connectivity index (χ3n) is 3.79. The first kappa shape index (κ1) is 15.3. The molecule has 2 aromatic carbocycles. The molecule has 0 aliphatic carbocycles. The van der Waals surface area contributed by atoms with Crippen LogP contribution in [0.15, 0.2) is 53.3 Å². The molecule has 25 heavy (non-hydrogen) atoms. The number of carbonyl (C=O) groups excluding carboxylic acids is 1. The van der Waals surface area contributed by atoms with Crippen molar-refractivity contribution in [2.75, 3.05) is 5.32 Å². The van der Waals surface area contributed by atoms with E-state index in [-0.39, 0.29) is 11.9 Å². The molecule has 0 radical (unpaired) electrons. The minimum absolute atomic E-state index is 0.0778. The van der Waals surface area contributed by atoms with Crippen LogP contribution in [0.4, 0.5) is 5.95 Å². The highest BCUT2D eigenvalue weighted by Crippen LogP contribution is 2.24. The molecule has 0 aliphatic heterocycles. The topological polar surface area (TPSA) is 81.3 Å². The van der Waals surface area contributed by atoms with Crippen LogP contribution >= 0.6 is 11.6 Å². The largest absolute Gasteiger partial charge is 0.341 e. The fraction of sp³-hybridized carbons (Fsp3) is 0.0588. The summed E-state index contributed by atoms with van der Waals surface area (Å²) in [6, 6.07) is 14.4. The maximum Gasteiger partial charge on any atom is 0.341 e. The first-order valence-corrected chi connectivity index (χ1v) is 7.86. The van der Waals surface area contributed by atoms with Crippen molar-refractivity contribution in [1.82, 2.24) is 19.2 Å². The van der Waals surface area contributed by atoms with Crippen molar-refractivity contribution < 1.29 is 4.79 Å². The van der Waals surface area contributed by atoms with Gasteiger partial charge in [-0.3, -0.25) is 14.7 Å². The summed E-state index contributed by atoms with van der Waals surface area (Å²) in [6.45, 7) is 1.34. The number of nitrogens with zero attached hydrogens (tertiary/aromatic N) is 4. The number of nitrogens with one attached hydrogen (secondary N) is 1. The molecule has 1 amide bonds. The van der Waals surface area contributed by atoms with E-state index in [0.717, 1.165) is 0 Å². The maximum atomic E-state index is 13.2. The van der Waals surface area contributed by atoms with Crippen LogP contribution in [0.5, 0.6) is 0 Å². The van der Waals surface area contributed by atoms with Crippen LogP contribution in [0.1, 0.15) is 6.92 Å². The van der Waals surface area contributed by atoms with Crippen molar-refractivity contribution in [2.24, 2.45) is 0 Å². The minimum atomic E-state index is -0.398. The lowest BCUT2D eigenvalue weighted by molar-refractivity contribution is -0.114. The molecule has 0 unspecified atom stereocenters. The summed E-state index contributed by atoms with van der Waals surface area (Å²) in [5.74, 6) is -0.259. The van der Waals surface area contributed by atoms with Gasteiger partial charge < -0.3 is 0 Å². The van der Waals surface area contributed by atoms with Crippen LogP contribution in [0, 0.1) is 0 Å². The summed E-state index contributed by atoms with van der Waals surface area (Å²) < 4.78 is 2.80. The Labute approximate surface area is 146 Å². The second-order valence-corrected chi connectivity index (χ2v) is 5.92. The van der Waals surface area contributed by atoms with E-state index < -0.39 is 5.69 Å². The molecule has 0 spiro atoms. The molecule has 0 fully saturated rings. The van der Waals surface area contributed by atoms with Gasteiger partial charge in [-0.25, -0.2) is 9.20 Å². The Morgan fingerprint density at radius 2 is 1.88 bits per heavy atom. The number of aromatic nitrogens is 4. The number of anilines is 1. The molecule has 2 heterocycles. The first-order chi connectivity index (χ1) is 12.1. The molecule has 0 aliphatic rings. The van der Waals surface area contributed by atoms with Gasteiger partial charge in [0.05, 0.1) is 11.2 Å². The van der Waals surface area contributed by atoms with E-state index in [0.29, 0.717) is 27.3 Å². The van der Waals surface area contributed by atoms with Crippen LogP contribution in [-0.4, -0.2) is 25.1 Å². The highest BCUT2D eigenvalue weighted by molar-refractivity contribution is 6.31. The number of benzene rings is 2. The molecule has 124 valence electrons. The maximum absolute atomic E-state index is 13.2. The van der Waals surface area contributed by atoms with Crippen LogP contribution in [-0.2, 0) is 4.79 Å². The van der Waals surface area contributed by atoms with E-state index in [1.54, 1.807) is 18.2 Å². The number of carbonyl (C=O) groups is 1. The van der Waals surface area contributed by atoms with Crippen molar-refractivity contribution in [3.8, 4) is 5.69 Å². The first-order valence-electron chi connectivity index (χ1n) is 7.48. The number of halogens is 1. The highest BCUT2D eigenvalue weighted by atomic mass is 35.5. The lowest BCUT2D eigenvalue weighted by Gasteiger charge is -2.12. The monoisotopic (exact) mass is 353 g/mol. The molecule has 4 rings (SSSR count). The zero-order chi connectivity index (χ0) is 17.6. The number of amides is 1. The molecule has 0 saturated carbocycles. The summed E-state index contributed by atoms with van der Waals surface area (Å²) >= 11 is 6.14. The van der Waals surface area contributed by atoms with Gasteiger partial charge in [-0.15, -0.1) is 10.2 Å². The third-order valence-corrected chi connectivity index (χ3v) is 4.02. The van der Waals surface area contributed by atoms with Crippen molar-refractivity contribution in [3.63, 3.8) is 0 Å². The second-order valence-electron chi connectivity index (χ2n) is 5.48. The predicted molar refractivity (Wildman–Crippen MR) is 95.4 cm³/mol. The fourth-order valence-electron chi connectivity index (χ4n) is 2.79. The van der Waals surface area contributed by atoms with Gasteiger partial charge >= 0.3 is 5.69 Å². The summed E-state index contributed by atoms with van der Waals surface area (Å²) in [7, 11) is 0. The van der Waals surface area contributed by atoms with Gasteiger partial charge in [0, 0.05) is 17.3 Å². The number of rotatable bonds is 2. The summed E-state index contributed by atoms with van der Waals surface area (Å²) in [5, 5.41) is 11.7. The van der Waals surface area contributed by atoms with Crippen LogP contribution < -0.4 is 11.0 Å². The third kappa shape index (κ3) is 2.45. The quantitative estimate of drug-likeness (QED) is 0.600. The Bertz CT molecular complexity index is 1180. The lowest BCUT2D eigenvalue weighted by atomic mass is 10.2. The zero-order valence-electron chi connectivity index (χ0n) is 13.1. The normalized spacial score (nSPS) is 11.1. The van der Waals surface area contributed by atoms with E-state index in [9.17, 15) is 9.59 Å². The number of para-hydroxylation sites is 1. The minimum Gasteiger partial charge on any atom is -0.294 e. The molecule has 0 saturated heterocycles. The molecule has 0 bridgehead atoms. The molecule has 8 heteroatoms. The van der Waals surface area contributed by atoms with E-state index in [1.165, 1.54) is 15.9 Å². The summed E-state index contributed by atoms with van der Waals surface area (Å²) in [4.78, 5) is 24.6. The van der Waals surface area contributed by atoms with E-state index in [1.807, 2.05) is 30.3 Å². The molecule has 0 atom stereocenters. The smallest absolute Gasteiger partial charge is 0.294 e. The second kappa shape index (κ2) is 5.71. The summed E-state index contributed by atoms with van der Waals surface area (Å²) in [6.07, 6.45) is 0. The lowest BCUT2D eigenvalue weighted by Crippen LogP contribution is -2.27. The van der Waals surface area contributed by atoms with Crippen LogP contribution in [0.2, 0.25) is 5.02 Å². The predicted octanol–water partition coefficient (Wildman–Crippen LogP) is 2.65. The SMILES string of the molecule is CC(=O)Nc1nnc2c3ccc(Cl)cc3n(-c3ccccc3)c(=O)n12. The standard InChI is InChI=1S/C17H12ClN5O2/c1-10(24)19-16-21-20-15-13-8-7-11(18)9-14(13)22(17(25)23(15)16)12-5-3-2-4-6-12/h2-9H,1H3,(H,19,21,24). The Kier molecular flexibility index (Phi) is 3.51. The number of hydrogen-bond donors (Lipinski definition) is 1. The van der Waals surface area contributed by atoms with Gasteiger partial charge in [0.15, 0.2) is 5.65 Å². The average Bonchev–Trinajstić information content (AvgIpc) is 2.99. The number of fused-ring (bicyclic) bond motifs is 3. The molecular weight excluding hydrogens is 342 g/mol. The van der Waals surface area contributed by atoms with Crippen molar-refractivity contribution in [3.05, 3.63) is 64.0 Å². The van der Waals surface area contributed by atoms with Gasteiger partial charge in [0.2, 0.25) is 11.9 Å². The Morgan fingerprint density at radius 1 is 1.12 bits per heavy atom. The van der Waals surface area contributed by atoms with Gasteiger partial charge in [-0.2, -0.15) is 0 Å². The highest BCUT2D eigenvalue weighted by Gasteiger charge is 2.18. The Morgan fingerprint density at radius 3 is 2.60 bits per heavy atom. The fourth-order valence-corrected chi connectivity index (χ4v) is 2.95. The van der Waals surface area contributed by atoms with Crippen molar-refractivity contribution in [2.45, 2.75) is 6.92 Å². The average molecular weight is 354 g/mol. The van der Waals surface area contributed by atoms with Gasteiger partial charge in [-0.05, 0) is 30.3 Å². The van der Waals surface area contributed by atoms with Crippen LogP contribution in [0.3, 0.4) is 0 Å². The molecule has 4 aromatic rings. The Hall–Kier alpha value is -3.19. The van der Waals surface area contributed by atoms with Gasteiger partial charge in [0.1, 0.15) is 0 Å². The van der Waals surface area contributed by atoms with Crippen molar-refractivity contribution >= 4 is 40.0 Å². The van der Waals surface area contributed by atoms with Gasteiger partial charge in [0.25, 0.3) is 0 Å².